The average molecular weight is 264 g/mol. The monoisotopic (exact) mass is 264 g/mol. The molecule has 0 spiro atoms. The van der Waals surface area contributed by atoms with E-state index in [0.29, 0.717) is 6.42 Å². The van der Waals surface area contributed by atoms with Crippen molar-refractivity contribution in [3.8, 4) is 0 Å². The number of amides is 1. The first-order valence-electron chi connectivity index (χ1n) is 6.35. The van der Waals surface area contributed by atoms with Crippen molar-refractivity contribution in [2.45, 2.75) is 12.5 Å². The Hall–Kier alpha value is -1.69. The van der Waals surface area contributed by atoms with E-state index in [9.17, 15) is 4.79 Å². The molecule has 104 valence electrons. The van der Waals surface area contributed by atoms with Crippen LogP contribution in [-0.4, -0.2) is 61.2 Å². The van der Waals surface area contributed by atoms with Crippen molar-refractivity contribution in [1.29, 1.82) is 0 Å². The molecule has 19 heavy (non-hydrogen) atoms. The Bertz CT molecular complexity index is 424. The zero-order valence-electron chi connectivity index (χ0n) is 11.6. The number of carbonyl (C=O) groups excluding carboxylic acids is 1. The van der Waals surface area contributed by atoms with Crippen molar-refractivity contribution >= 4 is 11.7 Å². The molecule has 1 amide bonds. The second-order valence-corrected chi connectivity index (χ2v) is 5.00. The van der Waals surface area contributed by atoms with E-state index < -0.39 is 0 Å². The Balaban J connectivity index is 2.04. The molecule has 2 rings (SSSR count). The zero-order valence-corrected chi connectivity index (χ0v) is 11.6. The molecule has 6 heteroatoms. The predicted octanol–water partition coefficient (Wildman–Crippen LogP) is 0.406. The van der Waals surface area contributed by atoms with Gasteiger partial charge in [-0.25, -0.2) is 4.98 Å². The number of aromatic nitrogens is 2. The molecule has 0 aromatic carbocycles. The number of nitrogens with zero attached hydrogens (tertiary/aromatic N) is 4. The summed E-state index contributed by atoms with van der Waals surface area (Å²) in [4.78, 5) is 23.9. The first-order valence-corrected chi connectivity index (χ1v) is 6.35. The fourth-order valence-electron chi connectivity index (χ4n) is 2.35. The molecule has 1 aromatic heterocycles. The first kappa shape index (κ1) is 13.7. The van der Waals surface area contributed by atoms with Gasteiger partial charge in [-0.15, -0.1) is 0 Å². The molecule has 1 saturated heterocycles. The number of methoxy groups -OCH3 is 1. The van der Waals surface area contributed by atoms with Crippen LogP contribution in [0.15, 0.2) is 18.6 Å². The van der Waals surface area contributed by atoms with Gasteiger partial charge in [0, 0.05) is 59.0 Å². The van der Waals surface area contributed by atoms with Crippen LogP contribution in [-0.2, 0) is 9.53 Å². The number of ether oxygens (including phenoxy) is 1. The second kappa shape index (κ2) is 5.97. The SMILES string of the molecule is CO[C@H]1CN(c2cnccn2)C[C@@H]1CC(=O)N(C)C. The minimum absolute atomic E-state index is 0.0610. The lowest BCUT2D eigenvalue weighted by molar-refractivity contribution is -0.130. The maximum absolute atomic E-state index is 11.8. The lowest BCUT2D eigenvalue weighted by Crippen LogP contribution is -2.29. The minimum atomic E-state index is 0.0610. The molecule has 2 heterocycles. The Morgan fingerprint density at radius 2 is 2.26 bits per heavy atom. The van der Waals surface area contributed by atoms with Crippen LogP contribution in [0.3, 0.4) is 0 Å². The molecular formula is C13H20N4O2. The normalized spacial score (nSPS) is 22.6. The van der Waals surface area contributed by atoms with Gasteiger partial charge in [-0.05, 0) is 0 Å². The molecule has 0 radical (unpaired) electrons. The Morgan fingerprint density at radius 3 is 2.84 bits per heavy atom. The number of carbonyl (C=O) groups is 1. The van der Waals surface area contributed by atoms with Crippen molar-refractivity contribution < 1.29 is 9.53 Å². The highest BCUT2D eigenvalue weighted by Gasteiger charge is 2.35. The largest absolute Gasteiger partial charge is 0.379 e. The Morgan fingerprint density at radius 1 is 1.47 bits per heavy atom. The Kier molecular flexibility index (Phi) is 4.31. The summed E-state index contributed by atoms with van der Waals surface area (Å²) < 4.78 is 5.50. The van der Waals surface area contributed by atoms with Crippen LogP contribution in [0.2, 0.25) is 0 Å². The van der Waals surface area contributed by atoms with E-state index in [0.717, 1.165) is 18.9 Å². The predicted molar refractivity (Wildman–Crippen MR) is 71.8 cm³/mol. The zero-order chi connectivity index (χ0) is 13.8. The van der Waals surface area contributed by atoms with Crippen LogP contribution in [0, 0.1) is 5.92 Å². The highest BCUT2D eigenvalue weighted by Crippen LogP contribution is 2.26. The fourth-order valence-corrected chi connectivity index (χ4v) is 2.35. The highest BCUT2D eigenvalue weighted by molar-refractivity contribution is 5.76. The van der Waals surface area contributed by atoms with Gasteiger partial charge in [0.15, 0.2) is 0 Å². The quantitative estimate of drug-likeness (QED) is 0.788. The van der Waals surface area contributed by atoms with E-state index in [4.69, 9.17) is 4.74 Å². The smallest absolute Gasteiger partial charge is 0.222 e. The van der Waals surface area contributed by atoms with Gasteiger partial charge in [0.2, 0.25) is 5.91 Å². The standard InChI is InChI=1S/C13H20N4O2/c1-16(2)13(18)6-10-8-17(9-11(10)19-3)12-7-14-4-5-15-12/h4-5,7,10-11H,6,8-9H2,1-3H3/t10-,11-/m0/s1. The van der Waals surface area contributed by atoms with Crippen LogP contribution in [0.25, 0.3) is 0 Å². The van der Waals surface area contributed by atoms with Crippen molar-refractivity contribution in [1.82, 2.24) is 14.9 Å². The van der Waals surface area contributed by atoms with E-state index in [-0.39, 0.29) is 17.9 Å². The van der Waals surface area contributed by atoms with Crippen LogP contribution >= 0.6 is 0 Å². The van der Waals surface area contributed by atoms with Crippen molar-refractivity contribution in [2.24, 2.45) is 5.92 Å². The summed E-state index contributed by atoms with van der Waals surface area (Å²) in [6.45, 7) is 1.53. The van der Waals surface area contributed by atoms with Crippen molar-refractivity contribution in [2.75, 3.05) is 39.2 Å². The third-order valence-electron chi connectivity index (χ3n) is 3.49. The molecule has 0 saturated carbocycles. The number of hydrogen-bond donors (Lipinski definition) is 0. The molecule has 0 bridgehead atoms. The van der Waals surface area contributed by atoms with Crippen molar-refractivity contribution in [3.63, 3.8) is 0 Å². The second-order valence-electron chi connectivity index (χ2n) is 5.00. The van der Waals surface area contributed by atoms with Gasteiger partial charge in [-0.3, -0.25) is 9.78 Å². The number of rotatable bonds is 4. The topological polar surface area (TPSA) is 58.6 Å². The molecule has 1 aliphatic heterocycles. The summed E-state index contributed by atoms with van der Waals surface area (Å²) in [6.07, 6.45) is 5.63. The molecule has 1 aliphatic rings. The van der Waals surface area contributed by atoms with Crippen LogP contribution in [0.5, 0.6) is 0 Å². The van der Waals surface area contributed by atoms with Gasteiger partial charge in [0.05, 0.1) is 12.3 Å². The molecule has 1 aromatic rings. The van der Waals surface area contributed by atoms with Gasteiger partial charge >= 0.3 is 0 Å². The molecular weight excluding hydrogens is 244 g/mol. The third kappa shape index (κ3) is 3.20. The average Bonchev–Trinajstić information content (AvgIpc) is 2.82. The molecule has 2 atom stereocenters. The van der Waals surface area contributed by atoms with Gasteiger partial charge in [0.1, 0.15) is 5.82 Å². The van der Waals surface area contributed by atoms with E-state index in [1.165, 1.54) is 0 Å². The lowest BCUT2D eigenvalue weighted by Gasteiger charge is -2.18. The van der Waals surface area contributed by atoms with E-state index in [1.807, 2.05) is 0 Å². The summed E-state index contributed by atoms with van der Waals surface area (Å²) >= 11 is 0. The summed E-state index contributed by atoms with van der Waals surface area (Å²) in [6, 6.07) is 0. The van der Waals surface area contributed by atoms with E-state index >= 15 is 0 Å². The van der Waals surface area contributed by atoms with Crippen LogP contribution in [0.1, 0.15) is 6.42 Å². The van der Waals surface area contributed by atoms with Gasteiger partial charge in [-0.1, -0.05) is 0 Å². The first-order chi connectivity index (χ1) is 9.11. The Labute approximate surface area is 113 Å². The van der Waals surface area contributed by atoms with Gasteiger partial charge in [0.25, 0.3) is 0 Å². The van der Waals surface area contributed by atoms with Crippen LogP contribution in [0.4, 0.5) is 5.82 Å². The molecule has 0 unspecified atom stereocenters. The van der Waals surface area contributed by atoms with Crippen LogP contribution < -0.4 is 4.90 Å². The highest BCUT2D eigenvalue weighted by atomic mass is 16.5. The van der Waals surface area contributed by atoms with Crippen molar-refractivity contribution in [3.05, 3.63) is 18.6 Å². The summed E-state index contributed by atoms with van der Waals surface area (Å²) in [5.41, 5.74) is 0. The molecule has 1 fully saturated rings. The lowest BCUT2D eigenvalue weighted by atomic mass is 10.0. The van der Waals surface area contributed by atoms with Gasteiger partial charge in [-0.2, -0.15) is 0 Å². The van der Waals surface area contributed by atoms with E-state index in [2.05, 4.69) is 14.9 Å². The fraction of sp³-hybridized carbons (Fsp3) is 0.615. The van der Waals surface area contributed by atoms with E-state index in [1.54, 1.807) is 44.7 Å². The number of hydrogen-bond acceptors (Lipinski definition) is 5. The summed E-state index contributed by atoms with van der Waals surface area (Å²) in [7, 11) is 5.25. The molecule has 0 aliphatic carbocycles. The van der Waals surface area contributed by atoms with Gasteiger partial charge < -0.3 is 14.5 Å². The maximum Gasteiger partial charge on any atom is 0.222 e. The minimum Gasteiger partial charge on any atom is -0.379 e. The molecule has 6 nitrogen and oxygen atoms in total. The summed E-state index contributed by atoms with van der Waals surface area (Å²) in [5, 5.41) is 0. The molecule has 0 N–H and O–H groups in total. The summed E-state index contributed by atoms with van der Waals surface area (Å²) in [5.74, 6) is 1.17. The maximum atomic E-state index is 11.8. The number of anilines is 1. The third-order valence-corrected chi connectivity index (χ3v) is 3.49.